The zero-order valence-corrected chi connectivity index (χ0v) is 16.3. The Hall–Kier alpha value is -2.42. The largest absolute Gasteiger partial charge is 0.384 e. The lowest BCUT2D eigenvalue weighted by Crippen LogP contribution is -2.41. The van der Waals surface area contributed by atoms with Gasteiger partial charge in [-0.25, -0.2) is 0 Å². The van der Waals surface area contributed by atoms with Crippen LogP contribution in [0.3, 0.4) is 0 Å². The summed E-state index contributed by atoms with van der Waals surface area (Å²) in [5.74, 6) is 0.0776. The molecular weight excluding hydrogens is 330 g/mol. The van der Waals surface area contributed by atoms with Crippen molar-refractivity contribution in [2.45, 2.75) is 25.5 Å². The Bertz CT molecular complexity index is 804. The van der Waals surface area contributed by atoms with Crippen molar-refractivity contribution < 1.29 is 5.11 Å². The maximum atomic E-state index is 11.8. The van der Waals surface area contributed by atoms with Gasteiger partial charge >= 0.3 is 0 Å². The van der Waals surface area contributed by atoms with Crippen molar-refractivity contribution >= 4 is 0 Å². The van der Waals surface area contributed by atoms with Crippen LogP contribution in [0, 0.1) is 5.92 Å². The van der Waals surface area contributed by atoms with Crippen molar-refractivity contribution in [1.29, 1.82) is 0 Å². The van der Waals surface area contributed by atoms with E-state index in [0.717, 1.165) is 24.2 Å². The second kappa shape index (κ2) is 8.98. The maximum absolute atomic E-state index is 11.8. The molecule has 0 unspecified atom stereocenters. The van der Waals surface area contributed by atoms with Crippen LogP contribution in [-0.2, 0) is 18.6 Å². The number of nitrogens with zero attached hydrogens (tertiary/aromatic N) is 1. The molecule has 0 bridgehead atoms. The molecule has 0 saturated carbocycles. The predicted octanol–water partition coefficient (Wildman–Crippen LogP) is 4.89. The van der Waals surface area contributed by atoms with E-state index >= 15 is 0 Å². The fourth-order valence-corrected chi connectivity index (χ4v) is 3.77. The van der Waals surface area contributed by atoms with Gasteiger partial charge in [0.1, 0.15) is 0 Å². The lowest BCUT2D eigenvalue weighted by atomic mass is 9.77. The van der Waals surface area contributed by atoms with E-state index in [1.54, 1.807) is 0 Å². The van der Waals surface area contributed by atoms with Crippen LogP contribution in [0.5, 0.6) is 0 Å². The summed E-state index contributed by atoms with van der Waals surface area (Å²) >= 11 is 0. The Kier molecular flexibility index (Phi) is 6.44. The molecule has 0 radical (unpaired) electrons. The third-order valence-corrected chi connectivity index (χ3v) is 5.29. The monoisotopic (exact) mass is 359 g/mol. The highest BCUT2D eigenvalue weighted by molar-refractivity contribution is 5.28. The van der Waals surface area contributed by atoms with Crippen LogP contribution >= 0.6 is 0 Å². The molecule has 1 N–H and O–H groups in total. The minimum atomic E-state index is -0.909. The minimum absolute atomic E-state index is 0.0776. The molecule has 0 saturated heterocycles. The first-order valence-corrected chi connectivity index (χ1v) is 9.62. The van der Waals surface area contributed by atoms with Gasteiger partial charge in [-0.15, -0.1) is 0 Å². The van der Waals surface area contributed by atoms with E-state index in [1.165, 1.54) is 5.56 Å². The Labute approximate surface area is 163 Å². The van der Waals surface area contributed by atoms with Gasteiger partial charge in [-0.2, -0.15) is 0 Å². The highest BCUT2D eigenvalue weighted by Crippen LogP contribution is 2.34. The summed E-state index contributed by atoms with van der Waals surface area (Å²) in [4.78, 5) is 2.29. The summed E-state index contributed by atoms with van der Waals surface area (Å²) in [6.07, 6.45) is 0.609. The summed E-state index contributed by atoms with van der Waals surface area (Å²) in [6.45, 7) is 3.84. The number of benzene rings is 3. The van der Waals surface area contributed by atoms with Gasteiger partial charge in [0.15, 0.2) is 0 Å². The number of hydrogen-bond donors (Lipinski definition) is 1. The van der Waals surface area contributed by atoms with E-state index < -0.39 is 5.60 Å². The first-order chi connectivity index (χ1) is 13.1. The van der Waals surface area contributed by atoms with Gasteiger partial charge in [0.05, 0.1) is 5.60 Å². The van der Waals surface area contributed by atoms with Crippen LogP contribution in [0.2, 0.25) is 0 Å². The van der Waals surface area contributed by atoms with Crippen LogP contribution in [0.4, 0.5) is 0 Å². The first-order valence-electron chi connectivity index (χ1n) is 9.62. The zero-order chi connectivity index (χ0) is 19.1. The van der Waals surface area contributed by atoms with E-state index in [1.807, 2.05) is 54.6 Å². The van der Waals surface area contributed by atoms with Crippen molar-refractivity contribution in [3.05, 3.63) is 108 Å². The Balaban J connectivity index is 1.79. The standard InChI is InChI=1S/C25H29NO/c1-21(19-26(2)20-23-14-8-4-9-15-23)25(27,24-16-10-5-11-17-24)18-22-12-6-3-7-13-22/h3-17,21,27H,18-20H2,1-2H3/t21-,25-/m1/s1. The quantitative estimate of drug-likeness (QED) is 0.619. The molecule has 0 aliphatic heterocycles. The zero-order valence-electron chi connectivity index (χ0n) is 16.3. The fraction of sp³-hybridized carbons (Fsp3) is 0.280. The van der Waals surface area contributed by atoms with Gasteiger partial charge in [-0.05, 0) is 23.7 Å². The molecule has 3 aromatic rings. The van der Waals surface area contributed by atoms with Gasteiger partial charge in [0.2, 0.25) is 0 Å². The van der Waals surface area contributed by atoms with Crippen molar-refractivity contribution in [3.8, 4) is 0 Å². The van der Waals surface area contributed by atoms with Crippen LogP contribution < -0.4 is 0 Å². The van der Waals surface area contributed by atoms with E-state index in [9.17, 15) is 5.11 Å². The summed E-state index contributed by atoms with van der Waals surface area (Å²) in [5.41, 5.74) is 2.52. The molecule has 0 amide bonds. The van der Waals surface area contributed by atoms with Gasteiger partial charge < -0.3 is 10.0 Å². The topological polar surface area (TPSA) is 23.5 Å². The third kappa shape index (κ3) is 5.06. The summed E-state index contributed by atoms with van der Waals surface area (Å²) < 4.78 is 0. The second-order valence-corrected chi connectivity index (χ2v) is 7.54. The van der Waals surface area contributed by atoms with E-state index in [0.29, 0.717) is 6.42 Å². The molecule has 2 heteroatoms. The smallest absolute Gasteiger partial charge is 0.0974 e. The molecule has 3 rings (SSSR count). The Morgan fingerprint density at radius 3 is 1.81 bits per heavy atom. The molecular formula is C25H29NO. The first kappa shape index (κ1) is 19.3. The Morgan fingerprint density at radius 2 is 1.26 bits per heavy atom. The molecule has 0 aliphatic carbocycles. The lowest BCUT2D eigenvalue weighted by molar-refractivity contribution is -0.0282. The third-order valence-electron chi connectivity index (χ3n) is 5.29. The average Bonchev–Trinajstić information content (AvgIpc) is 2.70. The molecule has 0 aromatic heterocycles. The summed E-state index contributed by atoms with van der Waals surface area (Å²) in [5, 5.41) is 11.8. The highest BCUT2D eigenvalue weighted by atomic mass is 16.3. The minimum Gasteiger partial charge on any atom is -0.384 e. The van der Waals surface area contributed by atoms with Crippen LogP contribution in [0.15, 0.2) is 91.0 Å². The SMILES string of the molecule is C[C@H](CN(C)Cc1ccccc1)[C@](O)(Cc1ccccc1)c1ccccc1. The molecule has 0 aliphatic rings. The van der Waals surface area contributed by atoms with E-state index in [4.69, 9.17) is 0 Å². The number of hydrogen-bond acceptors (Lipinski definition) is 2. The normalized spacial score (nSPS) is 14.7. The van der Waals surface area contributed by atoms with Gasteiger partial charge in [-0.3, -0.25) is 0 Å². The molecule has 0 heterocycles. The molecule has 27 heavy (non-hydrogen) atoms. The van der Waals surface area contributed by atoms with Gasteiger partial charge in [-0.1, -0.05) is 97.9 Å². The lowest BCUT2D eigenvalue weighted by Gasteiger charge is -2.37. The van der Waals surface area contributed by atoms with Crippen molar-refractivity contribution in [2.75, 3.05) is 13.6 Å². The molecule has 0 spiro atoms. The summed E-state index contributed by atoms with van der Waals surface area (Å²) in [6, 6.07) is 30.8. The van der Waals surface area contributed by atoms with E-state index in [2.05, 4.69) is 55.3 Å². The van der Waals surface area contributed by atoms with Crippen molar-refractivity contribution in [3.63, 3.8) is 0 Å². The van der Waals surface area contributed by atoms with Gasteiger partial charge in [0, 0.05) is 25.4 Å². The summed E-state index contributed by atoms with van der Waals surface area (Å²) in [7, 11) is 2.12. The van der Waals surface area contributed by atoms with Crippen LogP contribution in [-0.4, -0.2) is 23.6 Å². The molecule has 2 nitrogen and oxygen atoms in total. The molecule has 2 atom stereocenters. The van der Waals surface area contributed by atoms with Gasteiger partial charge in [0.25, 0.3) is 0 Å². The average molecular weight is 360 g/mol. The molecule has 140 valence electrons. The maximum Gasteiger partial charge on any atom is 0.0974 e. The molecule has 0 fully saturated rings. The highest BCUT2D eigenvalue weighted by Gasteiger charge is 2.36. The van der Waals surface area contributed by atoms with Crippen molar-refractivity contribution in [1.82, 2.24) is 4.90 Å². The second-order valence-electron chi connectivity index (χ2n) is 7.54. The van der Waals surface area contributed by atoms with Crippen molar-refractivity contribution in [2.24, 2.45) is 5.92 Å². The Morgan fingerprint density at radius 1 is 0.778 bits per heavy atom. The number of rotatable bonds is 8. The molecule has 3 aromatic carbocycles. The fourth-order valence-electron chi connectivity index (χ4n) is 3.77. The van der Waals surface area contributed by atoms with E-state index in [-0.39, 0.29) is 5.92 Å². The number of aliphatic hydroxyl groups is 1. The van der Waals surface area contributed by atoms with Crippen LogP contribution in [0.1, 0.15) is 23.6 Å². The van der Waals surface area contributed by atoms with Crippen LogP contribution in [0.25, 0.3) is 0 Å². The predicted molar refractivity (Wildman–Crippen MR) is 112 cm³/mol.